The van der Waals surface area contributed by atoms with E-state index in [0.29, 0.717) is 12.8 Å². The zero-order valence-electron chi connectivity index (χ0n) is 13.3. The van der Waals surface area contributed by atoms with Gasteiger partial charge in [0.2, 0.25) is 5.78 Å². The number of ether oxygens (including phenoxy) is 3. The van der Waals surface area contributed by atoms with Crippen molar-refractivity contribution in [2.75, 3.05) is 7.11 Å². The van der Waals surface area contributed by atoms with Gasteiger partial charge in [0.25, 0.3) is 0 Å². The molecule has 0 unspecified atom stereocenters. The lowest BCUT2D eigenvalue weighted by atomic mass is 9.84. The molecule has 0 aromatic carbocycles. The van der Waals surface area contributed by atoms with Gasteiger partial charge in [0.05, 0.1) is 19.3 Å². The van der Waals surface area contributed by atoms with Crippen molar-refractivity contribution in [3.05, 3.63) is 0 Å². The summed E-state index contributed by atoms with van der Waals surface area (Å²) in [4.78, 5) is 22.5. The molecule has 4 atom stereocenters. The molecule has 6 heteroatoms. The number of hydrogen-bond acceptors (Lipinski definition) is 5. The second-order valence-corrected chi connectivity index (χ2v) is 6.52. The normalized spacial score (nSPS) is 28.0. The molecular formula is C15H25FO5. The summed E-state index contributed by atoms with van der Waals surface area (Å²) in [7, 11) is 1.14. The third-order valence-electron chi connectivity index (χ3n) is 3.52. The smallest absolute Gasteiger partial charge is 0.374 e. The van der Waals surface area contributed by atoms with E-state index < -0.39 is 30.3 Å². The molecule has 21 heavy (non-hydrogen) atoms. The first-order chi connectivity index (χ1) is 9.65. The Kier molecular flexibility index (Phi) is 6.28. The third-order valence-corrected chi connectivity index (χ3v) is 3.52. The van der Waals surface area contributed by atoms with Gasteiger partial charge in [-0.3, -0.25) is 4.79 Å². The largest absolute Gasteiger partial charge is 0.463 e. The van der Waals surface area contributed by atoms with Crippen LogP contribution in [0, 0.1) is 5.41 Å². The van der Waals surface area contributed by atoms with E-state index in [0.717, 1.165) is 7.11 Å². The summed E-state index contributed by atoms with van der Waals surface area (Å²) < 4.78 is 29.4. The zero-order valence-corrected chi connectivity index (χ0v) is 13.3. The second-order valence-electron chi connectivity index (χ2n) is 6.52. The van der Waals surface area contributed by atoms with Crippen LogP contribution in [0.15, 0.2) is 0 Å². The molecule has 0 amide bonds. The standard InChI is InChI=1S/C15H25FO5/c1-9(8-11(17)13(18)19-5)20-14-10(16)6-7-12(21-14)15(2,3)4/h9-10,12,14H,6-8H2,1-5H3/t9-,10+,12+,14+/m1/s1. The number of methoxy groups -OCH3 is 1. The lowest BCUT2D eigenvalue weighted by Crippen LogP contribution is -2.45. The van der Waals surface area contributed by atoms with Gasteiger partial charge in [0.1, 0.15) is 0 Å². The maximum atomic E-state index is 13.9. The maximum Gasteiger partial charge on any atom is 0.374 e. The number of carbonyl (C=O) groups excluding carboxylic acids is 2. The van der Waals surface area contributed by atoms with Gasteiger partial charge in [0.15, 0.2) is 12.5 Å². The Balaban J connectivity index is 2.55. The van der Waals surface area contributed by atoms with Crippen LogP contribution in [0.1, 0.15) is 47.0 Å². The van der Waals surface area contributed by atoms with Crippen LogP contribution < -0.4 is 0 Å². The molecule has 5 nitrogen and oxygen atoms in total. The predicted octanol–water partition coefficient (Wildman–Crippen LogP) is 2.41. The fourth-order valence-corrected chi connectivity index (χ4v) is 2.25. The summed E-state index contributed by atoms with van der Waals surface area (Å²) in [5.41, 5.74) is -0.104. The SMILES string of the molecule is COC(=O)C(=O)C[C@@H](C)O[C@H]1O[C@H](C(C)(C)C)CC[C@@H]1F. The first-order valence-electron chi connectivity index (χ1n) is 7.21. The van der Waals surface area contributed by atoms with Crippen LogP contribution in [0.5, 0.6) is 0 Å². The van der Waals surface area contributed by atoms with E-state index in [1.165, 1.54) is 0 Å². The molecule has 122 valence electrons. The quantitative estimate of drug-likeness (QED) is 0.576. The van der Waals surface area contributed by atoms with Crippen LogP contribution in [0.25, 0.3) is 0 Å². The van der Waals surface area contributed by atoms with Crippen molar-refractivity contribution in [1.29, 1.82) is 0 Å². The van der Waals surface area contributed by atoms with Crippen LogP contribution in [0.3, 0.4) is 0 Å². The Hall–Kier alpha value is -1.01. The summed E-state index contributed by atoms with van der Waals surface area (Å²) in [6.45, 7) is 7.68. The lowest BCUT2D eigenvalue weighted by molar-refractivity contribution is -0.256. The van der Waals surface area contributed by atoms with Gasteiger partial charge in [-0.05, 0) is 25.2 Å². The Labute approximate surface area is 125 Å². The summed E-state index contributed by atoms with van der Waals surface area (Å²) in [6, 6.07) is 0. The Morgan fingerprint density at radius 3 is 2.48 bits per heavy atom. The van der Waals surface area contributed by atoms with Gasteiger partial charge in [-0.1, -0.05) is 20.8 Å². The van der Waals surface area contributed by atoms with Crippen LogP contribution in [0.2, 0.25) is 0 Å². The molecule has 0 N–H and O–H groups in total. The number of ketones is 1. The van der Waals surface area contributed by atoms with E-state index in [4.69, 9.17) is 9.47 Å². The minimum absolute atomic E-state index is 0.0991. The lowest BCUT2D eigenvalue weighted by Gasteiger charge is -2.39. The Bertz CT molecular complexity index is 377. The van der Waals surface area contributed by atoms with Crippen molar-refractivity contribution in [3.63, 3.8) is 0 Å². The van der Waals surface area contributed by atoms with Gasteiger partial charge < -0.3 is 14.2 Å². The van der Waals surface area contributed by atoms with E-state index in [1.54, 1.807) is 6.92 Å². The number of Topliss-reactive ketones (excluding diaryl/α,β-unsaturated/α-hetero) is 1. The number of esters is 1. The molecule has 0 aliphatic carbocycles. The van der Waals surface area contributed by atoms with Crippen molar-refractivity contribution < 1.29 is 28.2 Å². The average molecular weight is 304 g/mol. The maximum absolute atomic E-state index is 13.9. The molecule has 1 fully saturated rings. The highest BCUT2D eigenvalue weighted by Crippen LogP contribution is 2.34. The Morgan fingerprint density at radius 1 is 1.33 bits per heavy atom. The summed E-state index contributed by atoms with van der Waals surface area (Å²) in [6.07, 6.45) is -2.08. The van der Waals surface area contributed by atoms with E-state index >= 15 is 0 Å². The molecule has 0 spiro atoms. The van der Waals surface area contributed by atoms with Crippen molar-refractivity contribution in [2.24, 2.45) is 5.41 Å². The van der Waals surface area contributed by atoms with Crippen molar-refractivity contribution in [3.8, 4) is 0 Å². The van der Waals surface area contributed by atoms with Crippen molar-refractivity contribution in [2.45, 2.75) is 71.6 Å². The van der Waals surface area contributed by atoms with Crippen LogP contribution >= 0.6 is 0 Å². The molecule has 0 aromatic rings. The van der Waals surface area contributed by atoms with E-state index in [1.807, 2.05) is 20.8 Å². The number of alkyl halides is 1. The first-order valence-corrected chi connectivity index (χ1v) is 7.21. The number of rotatable bonds is 5. The van der Waals surface area contributed by atoms with Crippen LogP contribution in [-0.2, 0) is 23.8 Å². The van der Waals surface area contributed by atoms with E-state index in [2.05, 4.69) is 4.74 Å². The molecular weight excluding hydrogens is 279 g/mol. The van der Waals surface area contributed by atoms with Gasteiger partial charge in [-0.25, -0.2) is 9.18 Å². The predicted molar refractivity (Wildman–Crippen MR) is 74.4 cm³/mol. The van der Waals surface area contributed by atoms with Crippen molar-refractivity contribution >= 4 is 11.8 Å². The fraction of sp³-hybridized carbons (Fsp3) is 0.867. The zero-order chi connectivity index (χ0) is 16.2. The van der Waals surface area contributed by atoms with Crippen LogP contribution in [0.4, 0.5) is 4.39 Å². The molecule has 1 aliphatic heterocycles. The van der Waals surface area contributed by atoms with Crippen molar-refractivity contribution in [1.82, 2.24) is 0 Å². The topological polar surface area (TPSA) is 61.8 Å². The number of carbonyl (C=O) groups is 2. The molecule has 0 bridgehead atoms. The highest BCUT2D eigenvalue weighted by atomic mass is 19.1. The third kappa shape index (κ3) is 5.36. The Morgan fingerprint density at radius 2 is 1.95 bits per heavy atom. The molecule has 0 saturated carbocycles. The highest BCUT2D eigenvalue weighted by molar-refractivity contribution is 6.33. The molecule has 0 aromatic heterocycles. The monoisotopic (exact) mass is 304 g/mol. The van der Waals surface area contributed by atoms with Gasteiger partial charge in [0, 0.05) is 6.42 Å². The number of halogens is 1. The summed E-state index contributed by atoms with van der Waals surface area (Å²) in [5.74, 6) is -1.61. The van der Waals surface area contributed by atoms with Gasteiger partial charge in [-0.15, -0.1) is 0 Å². The van der Waals surface area contributed by atoms with Crippen LogP contribution in [-0.4, -0.2) is 43.5 Å². The van der Waals surface area contributed by atoms with Gasteiger partial charge in [-0.2, -0.15) is 0 Å². The van der Waals surface area contributed by atoms with E-state index in [-0.39, 0.29) is 17.9 Å². The van der Waals surface area contributed by atoms with E-state index in [9.17, 15) is 14.0 Å². The summed E-state index contributed by atoms with van der Waals surface area (Å²) in [5, 5.41) is 0. The molecule has 1 aliphatic rings. The minimum atomic E-state index is -1.22. The molecule has 1 saturated heterocycles. The fourth-order valence-electron chi connectivity index (χ4n) is 2.25. The molecule has 0 radical (unpaired) electrons. The summed E-state index contributed by atoms with van der Waals surface area (Å²) >= 11 is 0. The highest BCUT2D eigenvalue weighted by Gasteiger charge is 2.38. The number of hydrogen-bond donors (Lipinski definition) is 0. The van der Waals surface area contributed by atoms with Gasteiger partial charge >= 0.3 is 5.97 Å². The first kappa shape index (κ1) is 18.0. The molecule has 1 heterocycles. The second kappa shape index (κ2) is 7.31. The molecule has 1 rings (SSSR count). The average Bonchev–Trinajstić information content (AvgIpc) is 2.38. The minimum Gasteiger partial charge on any atom is -0.463 e.